The molecule has 3 aromatic rings. The molecule has 6 rings (SSSR count). The maximum Gasteiger partial charge on any atom is 0.332 e. The fraction of sp³-hybridized carbons (Fsp3) is 0.200. The molecule has 2 aromatic carbocycles. The van der Waals surface area contributed by atoms with E-state index < -0.39 is 24.0 Å². The van der Waals surface area contributed by atoms with Gasteiger partial charge in [0, 0.05) is 23.8 Å². The summed E-state index contributed by atoms with van der Waals surface area (Å²) in [4.78, 5) is 48.6. The van der Waals surface area contributed by atoms with Crippen LogP contribution in [0.3, 0.4) is 0 Å². The van der Waals surface area contributed by atoms with Crippen LogP contribution in [-0.4, -0.2) is 57.4 Å². The Hall–Kier alpha value is -4.96. The SMILES string of the molecule is N#Cc1ccc(NC(=O)N2C[C@@H]3C[C@H]2[C@H]2C(=O)N(c4ccc(C#N)c5ncccc45)C(=O)N32)cc1. The third-order valence-corrected chi connectivity index (χ3v) is 6.90. The Morgan fingerprint density at radius 2 is 1.86 bits per heavy atom. The van der Waals surface area contributed by atoms with E-state index in [0.29, 0.717) is 46.4 Å². The number of urea groups is 2. The highest BCUT2D eigenvalue weighted by molar-refractivity contribution is 6.25. The van der Waals surface area contributed by atoms with E-state index in [-0.39, 0.29) is 12.1 Å². The van der Waals surface area contributed by atoms with Gasteiger partial charge in [0.1, 0.15) is 12.1 Å². The van der Waals surface area contributed by atoms with E-state index in [1.807, 2.05) is 6.07 Å². The first-order valence-electron chi connectivity index (χ1n) is 11.0. The quantitative estimate of drug-likeness (QED) is 0.581. The average Bonchev–Trinajstić information content (AvgIpc) is 3.55. The number of hydrogen-bond acceptors (Lipinski definition) is 6. The lowest BCUT2D eigenvalue weighted by molar-refractivity contribution is -0.120. The summed E-state index contributed by atoms with van der Waals surface area (Å²) in [6.45, 7) is 0.325. The number of rotatable bonds is 2. The summed E-state index contributed by atoms with van der Waals surface area (Å²) in [5.41, 5.74) is 2.19. The number of carbonyl (C=O) groups excluding carboxylic acids is 3. The van der Waals surface area contributed by atoms with Crippen molar-refractivity contribution in [1.29, 1.82) is 10.5 Å². The molecule has 1 N–H and O–H groups in total. The number of piperazine rings is 1. The molecule has 0 radical (unpaired) electrons. The van der Waals surface area contributed by atoms with Crippen LogP contribution in [0.25, 0.3) is 10.9 Å². The monoisotopic (exact) mass is 463 g/mol. The molecule has 10 nitrogen and oxygen atoms in total. The number of carbonyl (C=O) groups is 3. The topological polar surface area (TPSA) is 133 Å². The van der Waals surface area contributed by atoms with Gasteiger partial charge in [-0.3, -0.25) is 9.78 Å². The molecule has 3 aliphatic rings. The van der Waals surface area contributed by atoms with Gasteiger partial charge >= 0.3 is 12.1 Å². The molecule has 0 saturated carbocycles. The van der Waals surface area contributed by atoms with Crippen molar-refractivity contribution in [3.05, 3.63) is 65.9 Å². The standard InChI is InChI=1S/C25H17N7O3/c26-11-14-3-6-16(7-4-14)29-24(34)30-13-17-10-20(30)22-23(33)32(25(35)31(17)22)19-8-5-15(12-27)21-18(19)2-1-9-28-21/h1-9,17,20,22H,10,13H2,(H,29,34)/t17-,20-,22-/m0/s1. The van der Waals surface area contributed by atoms with E-state index in [4.69, 9.17) is 5.26 Å². The molecule has 3 atom stereocenters. The summed E-state index contributed by atoms with van der Waals surface area (Å²) in [6.07, 6.45) is 2.09. The highest BCUT2D eigenvalue weighted by atomic mass is 16.2. The summed E-state index contributed by atoms with van der Waals surface area (Å²) in [5, 5.41) is 21.7. The van der Waals surface area contributed by atoms with Crippen LogP contribution in [-0.2, 0) is 4.79 Å². The Bertz CT molecular complexity index is 1500. The van der Waals surface area contributed by atoms with E-state index >= 15 is 0 Å². The molecule has 3 saturated heterocycles. The Morgan fingerprint density at radius 1 is 1.06 bits per heavy atom. The molecule has 2 bridgehead atoms. The predicted molar refractivity (Wildman–Crippen MR) is 124 cm³/mol. The van der Waals surface area contributed by atoms with Gasteiger partial charge < -0.3 is 15.1 Å². The van der Waals surface area contributed by atoms with E-state index in [1.165, 1.54) is 0 Å². The van der Waals surface area contributed by atoms with Crippen LogP contribution in [0.15, 0.2) is 54.7 Å². The van der Waals surface area contributed by atoms with Crippen LogP contribution in [0.4, 0.5) is 21.0 Å². The van der Waals surface area contributed by atoms with E-state index in [1.54, 1.807) is 64.5 Å². The first-order chi connectivity index (χ1) is 17.0. The fourth-order valence-electron chi connectivity index (χ4n) is 5.38. The third-order valence-electron chi connectivity index (χ3n) is 6.90. The van der Waals surface area contributed by atoms with Crippen molar-refractivity contribution >= 4 is 40.2 Å². The van der Waals surface area contributed by atoms with Crippen molar-refractivity contribution in [2.75, 3.05) is 16.8 Å². The van der Waals surface area contributed by atoms with Gasteiger partial charge in [-0.1, -0.05) is 0 Å². The summed E-state index contributed by atoms with van der Waals surface area (Å²) < 4.78 is 0. The van der Waals surface area contributed by atoms with Gasteiger partial charge in [-0.25, -0.2) is 14.5 Å². The Labute approximate surface area is 199 Å². The number of imide groups is 1. The molecular formula is C25H17N7O3. The smallest absolute Gasteiger partial charge is 0.317 e. The molecule has 3 fully saturated rings. The molecule has 5 amide bonds. The Kier molecular flexibility index (Phi) is 4.44. The van der Waals surface area contributed by atoms with E-state index in [0.717, 1.165) is 4.90 Å². The molecule has 3 aliphatic heterocycles. The zero-order chi connectivity index (χ0) is 24.3. The van der Waals surface area contributed by atoms with Crippen molar-refractivity contribution in [3.8, 4) is 12.1 Å². The number of amides is 5. The minimum absolute atomic E-state index is 0.263. The molecule has 0 spiro atoms. The number of anilines is 2. The van der Waals surface area contributed by atoms with Gasteiger partial charge in [0.15, 0.2) is 0 Å². The number of nitrogens with one attached hydrogen (secondary N) is 1. The molecule has 170 valence electrons. The molecule has 10 heteroatoms. The fourth-order valence-corrected chi connectivity index (χ4v) is 5.38. The number of pyridine rings is 1. The minimum Gasteiger partial charge on any atom is -0.317 e. The van der Waals surface area contributed by atoms with Crippen molar-refractivity contribution in [3.63, 3.8) is 0 Å². The summed E-state index contributed by atoms with van der Waals surface area (Å²) in [5.74, 6) is -0.395. The number of nitrogens with zero attached hydrogens (tertiary/aromatic N) is 6. The largest absolute Gasteiger partial charge is 0.332 e. The van der Waals surface area contributed by atoms with Crippen LogP contribution in [0.1, 0.15) is 17.5 Å². The second-order valence-electron chi connectivity index (χ2n) is 8.68. The predicted octanol–water partition coefficient (Wildman–Crippen LogP) is 2.80. The molecule has 4 heterocycles. The van der Waals surface area contributed by atoms with Crippen molar-refractivity contribution in [2.24, 2.45) is 0 Å². The van der Waals surface area contributed by atoms with Crippen LogP contribution in [0.2, 0.25) is 0 Å². The number of likely N-dealkylation sites (tertiary alicyclic amines) is 1. The summed E-state index contributed by atoms with van der Waals surface area (Å²) >= 11 is 0. The Balaban J connectivity index is 1.29. The maximum absolute atomic E-state index is 13.6. The van der Waals surface area contributed by atoms with E-state index in [2.05, 4.69) is 16.4 Å². The second kappa shape index (κ2) is 7.54. The second-order valence-corrected chi connectivity index (χ2v) is 8.68. The first-order valence-corrected chi connectivity index (χ1v) is 11.0. The highest BCUT2D eigenvalue weighted by Gasteiger charge is 2.63. The van der Waals surface area contributed by atoms with Gasteiger partial charge in [-0.05, 0) is 55.0 Å². The van der Waals surface area contributed by atoms with Gasteiger partial charge in [-0.15, -0.1) is 0 Å². The van der Waals surface area contributed by atoms with Crippen LogP contribution in [0.5, 0.6) is 0 Å². The molecule has 0 aliphatic carbocycles. The lowest BCUT2D eigenvalue weighted by atomic mass is 10.1. The lowest BCUT2D eigenvalue weighted by Gasteiger charge is -2.34. The number of aromatic nitrogens is 1. The van der Waals surface area contributed by atoms with Crippen LogP contribution in [0, 0.1) is 22.7 Å². The minimum atomic E-state index is -0.768. The van der Waals surface area contributed by atoms with Crippen molar-refractivity contribution in [2.45, 2.75) is 24.5 Å². The van der Waals surface area contributed by atoms with Crippen molar-refractivity contribution in [1.82, 2.24) is 14.8 Å². The number of nitriles is 2. The van der Waals surface area contributed by atoms with Crippen LogP contribution < -0.4 is 10.2 Å². The highest BCUT2D eigenvalue weighted by Crippen LogP contribution is 2.43. The van der Waals surface area contributed by atoms with Crippen molar-refractivity contribution < 1.29 is 14.4 Å². The van der Waals surface area contributed by atoms with Crippen LogP contribution >= 0.6 is 0 Å². The zero-order valence-electron chi connectivity index (χ0n) is 18.3. The van der Waals surface area contributed by atoms with Gasteiger partial charge in [0.25, 0.3) is 5.91 Å². The Morgan fingerprint density at radius 3 is 2.60 bits per heavy atom. The summed E-state index contributed by atoms with van der Waals surface area (Å²) in [7, 11) is 0. The summed E-state index contributed by atoms with van der Waals surface area (Å²) in [6, 6.07) is 15.0. The molecule has 1 aromatic heterocycles. The molecule has 0 unspecified atom stereocenters. The normalized spacial score (nSPS) is 22.3. The average molecular weight is 463 g/mol. The van der Waals surface area contributed by atoms with Gasteiger partial charge in [0.05, 0.1) is 40.5 Å². The number of hydrogen-bond donors (Lipinski definition) is 1. The van der Waals surface area contributed by atoms with Gasteiger partial charge in [0.2, 0.25) is 0 Å². The number of benzene rings is 2. The zero-order valence-corrected chi connectivity index (χ0v) is 18.3. The molecule has 35 heavy (non-hydrogen) atoms. The molecular weight excluding hydrogens is 446 g/mol. The third kappa shape index (κ3) is 2.94. The van der Waals surface area contributed by atoms with E-state index in [9.17, 15) is 19.6 Å². The first kappa shape index (κ1) is 20.6. The number of fused-ring (bicyclic) bond motifs is 6. The maximum atomic E-state index is 13.6. The lowest BCUT2D eigenvalue weighted by Crippen LogP contribution is -2.55. The van der Waals surface area contributed by atoms with Gasteiger partial charge in [-0.2, -0.15) is 10.5 Å².